The Morgan fingerprint density at radius 3 is 2.50 bits per heavy atom. The molecule has 20 heavy (non-hydrogen) atoms. The second kappa shape index (κ2) is 7.15. The number of rotatable bonds is 6. The lowest BCUT2D eigenvalue weighted by molar-refractivity contribution is 0.0693. The second-order valence-corrected chi connectivity index (χ2v) is 5.88. The SMILES string of the molecule is Cc1ccc(CCCSc2ccccc2C(=O)O)cc1. The summed E-state index contributed by atoms with van der Waals surface area (Å²) in [5.41, 5.74) is 3.01. The molecule has 3 heteroatoms. The highest BCUT2D eigenvalue weighted by Crippen LogP contribution is 2.23. The van der Waals surface area contributed by atoms with E-state index in [1.807, 2.05) is 12.1 Å². The molecule has 2 nitrogen and oxygen atoms in total. The molecule has 0 saturated heterocycles. The minimum Gasteiger partial charge on any atom is -0.478 e. The van der Waals surface area contributed by atoms with Crippen molar-refractivity contribution >= 4 is 17.7 Å². The van der Waals surface area contributed by atoms with E-state index in [1.165, 1.54) is 11.1 Å². The fourth-order valence-corrected chi connectivity index (χ4v) is 2.98. The van der Waals surface area contributed by atoms with Gasteiger partial charge in [0.2, 0.25) is 0 Å². The van der Waals surface area contributed by atoms with E-state index in [0.29, 0.717) is 5.56 Å². The number of carboxylic acid groups (broad SMARTS) is 1. The summed E-state index contributed by atoms with van der Waals surface area (Å²) in [5.74, 6) is 0.0738. The number of carboxylic acids is 1. The van der Waals surface area contributed by atoms with E-state index >= 15 is 0 Å². The quantitative estimate of drug-likeness (QED) is 0.631. The highest BCUT2D eigenvalue weighted by Gasteiger charge is 2.08. The van der Waals surface area contributed by atoms with Crippen LogP contribution in [0.3, 0.4) is 0 Å². The van der Waals surface area contributed by atoms with E-state index in [0.717, 1.165) is 23.5 Å². The number of hydrogen-bond donors (Lipinski definition) is 1. The van der Waals surface area contributed by atoms with E-state index in [-0.39, 0.29) is 0 Å². The molecule has 2 aromatic rings. The smallest absolute Gasteiger partial charge is 0.336 e. The van der Waals surface area contributed by atoms with Crippen molar-refractivity contribution in [3.8, 4) is 0 Å². The van der Waals surface area contributed by atoms with Crippen molar-refractivity contribution in [2.24, 2.45) is 0 Å². The number of carbonyl (C=O) groups is 1. The van der Waals surface area contributed by atoms with Crippen LogP contribution < -0.4 is 0 Å². The lowest BCUT2D eigenvalue weighted by Gasteiger charge is -2.06. The molecule has 0 aliphatic heterocycles. The molecule has 0 aromatic heterocycles. The molecule has 0 radical (unpaired) electrons. The lowest BCUT2D eigenvalue weighted by Crippen LogP contribution is -1.98. The van der Waals surface area contributed by atoms with Crippen molar-refractivity contribution in [1.29, 1.82) is 0 Å². The maximum atomic E-state index is 11.1. The molecule has 0 aliphatic carbocycles. The molecule has 1 N–H and O–H groups in total. The van der Waals surface area contributed by atoms with Gasteiger partial charge in [0.1, 0.15) is 0 Å². The van der Waals surface area contributed by atoms with Crippen molar-refractivity contribution in [3.63, 3.8) is 0 Å². The Balaban J connectivity index is 1.84. The van der Waals surface area contributed by atoms with Gasteiger partial charge in [0.05, 0.1) is 5.56 Å². The van der Waals surface area contributed by atoms with E-state index < -0.39 is 5.97 Å². The molecule has 0 saturated carbocycles. The highest BCUT2D eigenvalue weighted by atomic mass is 32.2. The van der Waals surface area contributed by atoms with E-state index in [1.54, 1.807) is 23.9 Å². The first-order valence-corrected chi connectivity index (χ1v) is 7.66. The van der Waals surface area contributed by atoms with Crippen LogP contribution in [0.4, 0.5) is 0 Å². The summed E-state index contributed by atoms with van der Waals surface area (Å²) >= 11 is 1.62. The van der Waals surface area contributed by atoms with Gasteiger partial charge in [0, 0.05) is 4.90 Å². The summed E-state index contributed by atoms with van der Waals surface area (Å²) < 4.78 is 0. The molecule has 0 heterocycles. The fourth-order valence-electron chi connectivity index (χ4n) is 1.98. The number of aryl methyl sites for hydroxylation is 2. The van der Waals surface area contributed by atoms with Crippen molar-refractivity contribution in [2.45, 2.75) is 24.7 Å². The summed E-state index contributed by atoms with van der Waals surface area (Å²) in [7, 11) is 0. The van der Waals surface area contributed by atoms with Crippen molar-refractivity contribution in [3.05, 3.63) is 65.2 Å². The predicted octanol–water partition coefficient (Wildman–Crippen LogP) is 4.42. The summed E-state index contributed by atoms with van der Waals surface area (Å²) in [6, 6.07) is 15.7. The monoisotopic (exact) mass is 286 g/mol. The predicted molar refractivity (Wildman–Crippen MR) is 83.6 cm³/mol. The first-order valence-electron chi connectivity index (χ1n) is 6.67. The summed E-state index contributed by atoms with van der Waals surface area (Å²) in [6.45, 7) is 2.09. The Kier molecular flexibility index (Phi) is 5.24. The molecule has 104 valence electrons. The molecular weight excluding hydrogens is 268 g/mol. The van der Waals surface area contributed by atoms with Gasteiger partial charge in [0.25, 0.3) is 0 Å². The van der Waals surface area contributed by atoms with Crippen LogP contribution in [-0.4, -0.2) is 16.8 Å². The van der Waals surface area contributed by atoms with Gasteiger partial charge < -0.3 is 5.11 Å². The zero-order valence-electron chi connectivity index (χ0n) is 11.5. The van der Waals surface area contributed by atoms with Gasteiger partial charge in [-0.3, -0.25) is 0 Å². The largest absolute Gasteiger partial charge is 0.478 e. The number of thioether (sulfide) groups is 1. The standard InChI is InChI=1S/C17H18O2S/c1-13-8-10-14(11-9-13)5-4-12-20-16-7-3-2-6-15(16)17(18)19/h2-3,6-11H,4-5,12H2,1H3,(H,18,19). The molecule has 0 amide bonds. The molecule has 2 rings (SSSR count). The summed E-state index contributed by atoms with van der Waals surface area (Å²) in [4.78, 5) is 11.9. The molecular formula is C17H18O2S. The molecule has 0 spiro atoms. The Hall–Kier alpha value is -1.74. The van der Waals surface area contributed by atoms with Crippen molar-refractivity contribution < 1.29 is 9.90 Å². The number of benzene rings is 2. The molecule has 0 aliphatic rings. The first-order chi connectivity index (χ1) is 9.66. The van der Waals surface area contributed by atoms with Crippen LogP contribution in [-0.2, 0) is 6.42 Å². The summed E-state index contributed by atoms with van der Waals surface area (Å²) in [5, 5.41) is 9.11. The minimum atomic E-state index is -0.855. The molecule has 0 atom stereocenters. The van der Waals surface area contributed by atoms with Gasteiger partial charge in [-0.15, -0.1) is 11.8 Å². The van der Waals surface area contributed by atoms with Crippen LogP contribution in [0.25, 0.3) is 0 Å². The third-order valence-corrected chi connectivity index (χ3v) is 4.27. The number of aromatic carboxylic acids is 1. The van der Waals surface area contributed by atoms with Crippen molar-refractivity contribution in [2.75, 3.05) is 5.75 Å². The van der Waals surface area contributed by atoms with Gasteiger partial charge in [0.15, 0.2) is 0 Å². The Bertz CT molecular complexity index is 576. The Morgan fingerprint density at radius 2 is 1.80 bits per heavy atom. The minimum absolute atomic E-state index is 0.396. The third kappa shape index (κ3) is 4.14. The van der Waals surface area contributed by atoms with Gasteiger partial charge in [-0.1, -0.05) is 42.0 Å². The van der Waals surface area contributed by atoms with Crippen LogP contribution in [0.15, 0.2) is 53.4 Å². The van der Waals surface area contributed by atoms with Gasteiger partial charge >= 0.3 is 5.97 Å². The van der Waals surface area contributed by atoms with Crippen LogP contribution in [0, 0.1) is 6.92 Å². The van der Waals surface area contributed by atoms with Crippen LogP contribution >= 0.6 is 11.8 Å². The summed E-state index contributed by atoms with van der Waals surface area (Å²) in [6.07, 6.45) is 2.07. The molecule has 0 unspecified atom stereocenters. The third-order valence-electron chi connectivity index (χ3n) is 3.11. The van der Waals surface area contributed by atoms with E-state index in [9.17, 15) is 4.79 Å². The average molecular weight is 286 g/mol. The van der Waals surface area contributed by atoms with E-state index in [2.05, 4.69) is 31.2 Å². The molecule has 0 fully saturated rings. The lowest BCUT2D eigenvalue weighted by atomic mass is 10.1. The van der Waals surface area contributed by atoms with Gasteiger partial charge in [-0.05, 0) is 43.2 Å². The van der Waals surface area contributed by atoms with Crippen LogP contribution in [0.1, 0.15) is 27.9 Å². The zero-order chi connectivity index (χ0) is 14.4. The van der Waals surface area contributed by atoms with E-state index in [4.69, 9.17) is 5.11 Å². The molecule has 0 bridgehead atoms. The Labute approximate surface area is 123 Å². The van der Waals surface area contributed by atoms with Gasteiger partial charge in [-0.25, -0.2) is 4.79 Å². The van der Waals surface area contributed by atoms with Crippen LogP contribution in [0.5, 0.6) is 0 Å². The molecule has 2 aromatic carbocycles. The highest BCUT2D eigenvalue weighted by molar-refractivity contribution is 7.99. The van der Waals surface area contributed by atoms with Crippen LogP contribution in [0.2, 0.25) is 0 Å². The zero-order valence-corrected chi connectivity index (χ0v) is 12.3. The van der Waals surface area contributed by atoms with Crippen molar-refractivity contribution in [1.82, 2.24) is 0 Å². The fraction of sp³-hybridized carbons (Fsp3) is 0.235. The maximum Gasteiger partial charge on any atom is 0.336 e. The second-order valence-electron chi connectivity index (χ2n) is 4.74. The van der Waals surface area contributed by atoms with Gasteiger partial charge in [-0.2, -0.15) is 0 Å². The maximum absolute atomic E-state index is 11.1. The number of hydrogen-bond acceptors (Lipinski definition) is 2. The topological polar surface area (TPSA) is 37.3 Å². The Morgan fingerprint density at radius 1 is 1.10 bits per heavy atom. The average Bonchev–Trinajstić information content (AvgIpc) is 2.46. The normalized spacial score (nSPS) is 10.4. The first kappa shape index (κ1) is 14.7.